The third-order valence-electron chi connectivity index (χ3n) is 5.90. The fourth-order valence-corrected chi connectivity index (χ4v) is 4.38. The quantitative estimate of drug-likeness (QED) is 0.171. The number of amides is 3. The Hall–Kier alpha value is -5.62. The van der Waals surface area contributed by atoms with E-state index in [0.29, 0.717) is 15.8 Å². The highest BCUT2D eigenvalue weighted by atomic mass is 32.1. The third-order valence-corrected chi connectivity index (χ3v) is 6.27. The van der Waals surface area contributed by atoms with E-state index in [1.54, 1.807) is 42.5 Å². The number of carbonyl (C=O) groups excluding carboxylic acids is 3. The van der Waals surface area contributed by atoms with Gasteiger partial charge < -0.3 is 4.98 Å². The van der Waals surface area contributed by atoms with E-state index < -0.39 is 33.3 Å². The second kappa shape index (κ2) is 10.6. The summed E-state index contributed by atoms with van der Waals surface area (Å²) in [6.45, 7) is 0. The molecule has 2 heterocycles. The SMILES string of the molecule is O=C(/C=C\c1nc(=O)c2ccccc2[nH]1)N1C(=O)/C(=C\c2cccc([N+](=O)[O-])c2)N(C(=O)c2ccccc2)C1=S. The van der Waals surface area contributed by atoms with Crippen molar-refractivity contribution in [1.82, 2.24) is 19.8 Å². The molecule has 0 atom stereocenters. The van der Waals surface area contributed by atoms with E-state index in [2.05, 4.69) is 9.97 Å². The zero-order valence-corrected chi connectivity index (χ0v) is 21.2. The molecule has 3 amide bonds. The van der Waals surface area contributed by atoms with E-state index in [0.717, 1.165) is 11.0 Å². The minimum Gasteiger partial charge on any atom is -0.339 e. The summed E-state index contributed by atoms with van der Waals surface area (Å²) in [5.74, 6) is -2.40. The van der Waals surface area contributed by atoms with Crippen LogP contribution >= 0.6 is 12.2 Å². The molecule has 0 aliphatic carbocycles. The van der Waals surface area contributed by atoms with Gasteiger partial charge in [-0.1, -0.05) is 42.5 Å². The number of H-pyrrole nitrogens is 1. The summed E-state index contributed by atoms with van der Waals surface area (Å²) < 4.78 is 0. The van der Waals surface area contributed by atoms with Crippen molar-refractivity contribution in [2.45, 2.75) is 0 Å². The van der Waals surface area contributed by atoms with Gasteiger partial charge in [-0.15, -0.1) is 0 Å². The molecule has 0 radical (unpaired) electrons. The molecule has 1 saturated heterocycles. The van der Waals surface area contributed by atoms with Crippen LogP contribution in [0, 0.1) is 10.1 Å². The van der Waals surface area contributed by atoms with E-state index in [1.807, 2.05) is 0 Å². The van der Waals surface area contributed by atoms with Gasteiger partial charge in [-0.3, -0.25) is 29.3 Å². The minimum atomic E-state index is -0.907. The van der Waals surface area contributed by atoms with Crippen molar-refractivity contribution in [1.29, 1.82) is 0 Å². The lowest BCUT2D eigenvalue weighted by Gasteiger charge is -2.17. The minimum absolute atomic E-state index is 0.0687. The van der Waals surface area contributed by atoms with Crippen LogP contribution in [0.15, 0.2) is 95.4 Å². The van der Waals surface area contributed by atoms with Crippen molar-refractivity contribution >= 4 is 63.8 Å². The Labute approximate surface area is 230 Å². The number of non-ortho nitro benzene ring substituents is 1. The second-order valence-corrected chi connectivity index (χ2v) is 8.82. The van der Waals surface area contributed by atoms with Gasteiger partial charge in [0.1, 0.15) is 11.5 Å². The summed E-state index contributed by atoms with van der Waals surface area (Å²) in [6.07, 6.45) is 3.47. The average molecular weight is 552 g/mol. The maximum absolute atomic E-state index is 13.5. The first-order valence-electron chi connectivity index (χ1n) is 11.7. The maximum Gasteiger partial charge on any atom is 0.284 e. The zero-order valence-electron chi connectivity index (χ0n) is 20.4. The molecule has 0 saturated carbocycles. The Bertz CT molecular complexity index is 1850. The summed E-state index contributed by atoms with van der Waals surface area (Å²) in [5, 5.41) is 11.2. The number of nitrogens with zero attached hydrogens (tertiary/aromatic N) is 4. The van der Waals surface area contributed by atoms with E-state index in [1.165, 1.54) is 48.6 Å². The highest BCUT2D eigenvalue weighted by Crippen LogP contribution is 2.27. The van der Waals surface area contributed by atoms with Gasteiger partial charge in [-0.25, -0.2) is 9.80 Å². The topological polar surface area (TPSA) is 147 Å². The number of hydrogen-bond acceptors (Lipinski definition) is 8. The molecular weight excluding hydrogens is 534 g/mol. The Morgan fingerprint density at radius 3 is 2.42 bits per heavy atom. The summed E-state index contributed by atoms with van der Waals surface area (Å²) >= 11 is 5.40. The van der Waals surface area contributed by atoms with Crippen molar-refractivity contribution in [3.63, 3.8) is 0 Å². The molecular formula is C28H17N5O6S. The van der Waals surface area contributed by atoms with E-state index in [-0.39, 0.29) is 28.3 Å². The van der Waals surface area contributed by atoms with Crippen molar-refractivity contribution in [2.24, 2.45) is 0 Å². The number of rotatable bonds is 5. The number of carbonyl (C=O) groups is 3. The van der Waals surface area contributed by atoms with Gasteiger partial charge in [-0.2, -0.15) is 4.98 Å². The van der Waals surface area contributed by atoms with Crippen LogP contribution in [-0.4, -0.2) is 47.5 Å². The lowest BCUT2D eigenvalue weighted by atomic mass is 10.1. The van der Waals surface area contributed by atoms with Gasteiger partial charge in [0.25, 0.3) is 29.0 Å². The predicted octanol–water partition coefficient (Wildman–Crippen LogP) is 3.68. The zero-order chi connectivity index (χ0) is 28.4. The van der Waals surface area contributed by atoms with Crippen LogP contribution in [0.25, 0.3) is 23.1 Å². The van der Waals surface area contributed by atoms with Gasteiger partial charge in [0.15, 0.2) is 5.11 Å². The number of aromatic nitrogens is 2. The Morgan fingerprint density at radius 1 is 0.950 bits per heavy atom. The van der Waals surface area contributed by atoms with Crippen LogP contribution < -0.4 is 5.56 Å². The van der Waals surface area contributed by atoms with Crippen LogP contribution in [0.3, 0.4) is 0 Å². The molecule has 1 aliphatic heterocycles. The molecule has 196 valence electrons. The van der Waals surface area contributed by atoms with Crippen molar-refractivity contribution in [2.75, 3.05) is 0 Å². The molecule has 12 heteroatoms. The Morgan fingerprint density at radius 2 is 1.68 bits per heavy atom. The normalized spacial score (nSPS) is 14.4. The third kappa shape index (κ3) is 4.93. The first-order chi connectivity index (χ1) is 19.2. The first-order valence-corrected chi connectivity index (χ1v) is 12.1. The van der Waals surface area contributed by atoms with Crippen LogP contribution in [0.4, 0.5) is 5.69 Å². The number of imide groups is 1. The fraction of sp³-hybridized carbons (Fsp3) is 0. The van der Waals surface area contributed by atoms with Crippen molar-refractivity contribution in [3.05, 3.63) is 128 Å². The molecule has 1 aliphatic rings. The van der Waals surface area contributed by atoms with Gasteiger partial charge in [-0.05, 0) is 54.2 Å². The first kappa shape index (κ1) is 26.0. The van der Waals surface area contributed by atoms with Crippen LogP contribution in [0.1, 0.15) is 21.7 Å². The highest BCUT2D eigenvalue weighted by molar-refractivity contribution is 7.80. The number of nitro groups is 1. The number of nitro benzene ring substituents is 1. The molecule has 0 unspecified atom stereocenters. The van der Waals surface area contributed by atoms with Crippen LogP contribution in [0.5, 0.6) is 0 Å². The van der Waals surface area contributed by atoms with Gasteiger partial charge in [0, 0.05) is 23.8 Å². The maximum atomic E-state index is 13.5. The predicted molar refractivity (Wildman–Crippen MR) is 150 cm³/mol. The highest BCUT2D eigenvalue weighted by Gasteiger charge is 2.44. The monoisotopic (exact) mass is 551 g/mol. The van der Waals surface area contributed by atoms with Crippen LogP contribution in [0.2, 0.25) is 0 Å². The van der Waals surface area contributed by atoms with Gasteiger partial charge in [0.2, 0.25) is 0 Å². The summed E-state index contributed by atoms with van der Waals surface area (Å²) in [5.41, 5.74) is -0.0473. The Balaban J connectivity index is 1.53. The Kier molecular flexibility index (Phi) is 6.91. The molecule has 1 N–H and O–H groups in total. The molecule has 0 spiro atoms. The summed E-state index contributed by atoms with van der Waals surface area (Å²) in [7, 11) is 0. The molecule has 11 nitrogen and oxygen atoms in total. The molecule has 0 bridgehead atoms. The molecule has 1 aromatic heterocycles. The smallest absolute Gasteiger partial charge is 0.284 e. The van der Waals surface area contributed by atoms with E-state index in [4.69, 9.17) is 12.2 Å². The second-order valence-electron chi connectivity index (χ2n) is 8.46. The number of thiocarbonyl (C=S) groups is 1. The standard InChI is InChI=1S/C28H17N5O6S/c34-24(14-13-23-29-21-12-5-4-11-20(21)25(35)30-23)32-27(37)22(16-17-7-6-10-19(15-17)33(38)39)31(28(32)40)26(36)18-8-2-1-3-9-18/h1-16H,(H,29,30,35)/b14-13-,22-16+. The lowest BCUT2D eigenvalue weighted by molar-refractivity contribution is -0.384. The summed E-state index contributed by atoms with van der Waals surface area (Å²) in [6, 6.07) is 20.1. The molecule has 5 rings (SSSR count). The van der Waals surface area contributed by atoms with Gasteiger partial charge in [0.05, 0.1) is 15.8 Å². The van der Waals surface area contributed by atoms with Crippen molar-refractivity contribution in [3.8, 4) is 0 Å². The number of fused-ring (bicyclic) bond motifs is 1. The molecule has 40 heavy (non-hydrogen) atoms. The van der Waals surface area contributed by atoms with E-state index >= 15 is 0 Å². The van der Waals surface area contributed by atoms with Gasteiger partial charge >= 0.3 is 0 Å². The molecule has 4 aromatic rings. The van der Waals surface area contributed by atoms with E-state index in [9.17, 15) is 29.3 Å². The van der Waals surface area contributed by atoms with Crippen molar-refractivity contribution < 1.29 is 19.3 Å². The largest absolute Gasteiger partial charge is 0.339 e. The number of hydrogen-bond donors (Lipinski definition) is 1. The fourth-order valence-electron chi connectivity index (χ4n) is 4.03. The number of benzene rings is 3. The lowest BCUT2D eigenvalue weighted by Crippen LogP contribution is -2.39. The summed E-state index contributed by atoms with van der Waals surface area (Å²) in [4.78, 5) is 71.4. The number of para-hydroxylation sites is 1. The number of nitrogens with one attached hydrogen (secondary N) is 1. The molecule has 3 aromatic carbocycles. The number of aromatic amines is 1. The van der Waals surface area contributed by atoms with Crippen LogP contribution in [-0.2, 0) is 9.59 Å². The average Bonchev–Trinajstić information content (AvgIpc) is 3.20. The molecule has 1 fully saturated rings.